The summed E-state index contributed by atoms with van der Waals surface area (Å²) in [6.07, 6.45) is -0.537. The Bertz CT molecular complexity index is 358. The third-order valence-electron chi connectivity index (χ3n) is 1.69. The predicted molar refractivity (Wildman–Crippen MR) is 51.3 cm³/mol. The van der Waals surface area contributed by atoms with E-state index in [4.69, 9.17) is 10.4 Å². The molecule has 0 radical (unpaired) electrons. The van der Waals surface area contributed by atoms with Crippen LogP contribution in [0.15, 0.2) is 18.2 Å². The second kappa shape index (κ2) is 4.58. The van der Waals surface area contributed by atoms with Crippen molar-refractivity contribution in [1.82, 2.24) is 0 Å². The molecule has 0 aromatic heterocycles. The lowest BCUT2D eigenvalue weighted by Crippen LogP contribution is -2.15. The maximum absolute atomic E-state index is 13.2. The van der Waals surface area contributed by atoms with Crippen LogP contribution >= 0.6 is 0 Å². The van der Waals surface area contributed by atoms with E-state index in [1.54, 1.807) is 6.92 Å². The Morgan fingerprint density at radius 1 is 1.64 bits per heavy atom. The molecule has 1 atom stereocenters. The van der Waals surface area contributed by atoms with Crippen molar-refractivity contribution < 1.29 is 9.50 Å². The standard InChI is InChI=1S/C10H11FN2O/c1-7(14)6-13-10-3-2-8(5-12)4-9(10)11/h2-4,7,13-14H,6H2,1H3. The SMILES string of the molecule is CC(O)CNc1ccc(C#N)cc1F. The van der Waals surface area contributed by atoms with E-state index in [1.165, 1.54) is 12.1 Å². The largest absolute Gasteiger partial charge is 0.392 e. The minimum absolute atomic E-state index is 0.281. The monoisotopic (exact) mass is 194 g/mol. The summed E-state index contributed by atoms with van der Waals surface area (Å²) in [5, 5.41) is 20.2. The highest BCUT2D eigenvalue weighted by Crippen LogP contribution is 2.14. The molecule has 1 aromatic rings. The maximum Gasteiger partial charge on any atom is 0.147 e. The normalized spacial score (nSPS) is 11.9. The minimum Gasteiger partial charge on any atom is -0.392 e. The van der Waals surface area contributed by atoms with E-state index in [9.17, 15) is 4.39 Å². The van der Waals surface area contributed by atoms with E-state index in [1.807, 2.05) is 6.07 Å². The van der Waals surface area contributed by atoms with Crippen LogP contribution in [0.2, 0.25) is 0 Å². The lowest BCUT2D eigenvalue weighted by molar-refractivity contribution is 0.208. The first-order valence-corrected chi connectivity index (χ1v) is 4.25. The molecule has 0 aliphatic heterocycles. The fourth-order valence-electron chi connectivity index (χ4n) is 0.986. The first-order chi connectivity index (χ1) is 6.63. The van der Waals surface area contributed by atoms with Crippen LogP contribution in [-0.4, -0.2) is 17.8 Å². The van der Waals surface area contributed by atoms with Crippen LogP contribution in [0.1, 0.15) is 12.5 Å². The molecule has 74 valence electrons. The Kier molecular flexibility index (Phi) is 3.43. The highest BCUT2D eigenvalue weighted by molar-refractivity contribution is 5.48. The van der Waals surface area contributed by atoms with Crippen LogP contribution in [0.25, 0.3) is 0 Å². The van der Waals surface area contributed by atoms with Crippen molar-refractivity contribution >= 4 is 5.69 Å². The molecule has 1 unspecified atom stereocenters. The third-order valence-corrected chi connectivity index (χ3v) is 1.69. The number of aliphatic hydroxyl groups excluding tert-OH is 1. The number of nitrogens with one attached hydrogen (secondary N) is 1. The molecule has 2 N–H and O–H groups in total. The number of hydrogen-bond acceptors (Lipinski definition) is 3. The molecule has 0 amide bonds. The zero-order chi connectivity index (χ0) is 10.6. The van der Waals surface area contributed by atoms with Crippen LogP contribution in [0.4, 0.5) is 10.1 Å². The molecule has 0 saturated carbocycles. The maximum atomic E-state index is 13.2. The molecule has 0 spiro atoms. The van der Waals surface area contributed by atoms with E-state index in [2.05, 4.69) is 5.32 Å². The van der Waals surface area contributed by atoms with Gasteiger partial charge < -0.3 is 10.4 Å². The third kappa shape index (κ3) is 2.71. The molecule has 3 nitrogen and oxygen atoms in total. The highest BCUT2D eigenvalue weighted by Gasteiger charge is 2.03. The molecule has 0 bridgehead atoms. The quantitative estimate of drug-likeness (QED) is 0.766. The van der Waals surface area contributed by atoms with Crippen molar-refractivity contribution in [1.29, 1.82) is 5.26 Å². The van der Waals surface area contributed by atoms with Gasteiger partial charge in [-0.1, -0.05) is 0 Å². The Morgan fingerprint density at radius 3 is 2.86 bits per heavy atom. The second-order valence-corrected chi connectivity index (χ2v) is 3.04. The molecule has 0 aliphatic rings. The highest BCUT2D eigenvalue weighted by atomic mass is 19.1. The molecule has 1 rings (SSSR count). The van der Waals surface area contributed by atoms with Gasteiger partial charge in [-0.2, -0.15) is 5.26 Å². The molecular formula is C10H11FN2O. The summed E-state index contributed by atoms with van der Waals surface area (Å²) < 4.78 is 13.2. The number of anilines is 1. The number of hydrogen-bond donors (Lipinski definition) is 2. The van der Waals surface area contributed by atoms with Crippen molar-refractivity contribution in [3.8, 4) is 6.07 Å². The Balaban J connectivity index is 2.75. The average Bonchev–Trinajstić information content (AvgIpc) is 2.15. The van der Waals surface area contributed by atoms with Crippen molar-refractivity contribution in [2.45, 2.75) is 13.0 Å². The smallest absolute Gasteiger partial charge is 0.147 e. The fourth-order valence-corrected chi connectivity index (χ4v) is 0.986. The number of aliphatic hydroxyl groups is 1. The van der Waals surface area contributed by atoms with E-state index in [0.29, 0.717) is 5.69 Å². The topological polar surface area (TPSA) is 56.0 Å². The summed E-state index contributed by atoms with van der Waals surface area (Å²) in [6, 6.07) is 6.00. The van der Waals surface area contributed by atoms with Gasteiger partial charge in [0.1, 0.15) is 5.82 Å². The Morgan fingerprint density at radius 2 is 2.36 bits per heavy atom. The number of nitriles is 1. The van der Waals surface area contributed by atoms with Crippen LogP contribution < -0.4 is 5.32 Å². The lowest BCUT2D eigenvalue weighted by atomic mass is 10.2. The summed E-state index contributed by atoms with van der Waals surface area (Å²) in [5.74, 6) is -0.482. The van der Waals surface area contributed by atoms with Crippen molar-refractivity contribution in [3.05, 3.63) is 29.6 Å². The van der Waals surface area contributed by atoms with Gasteiger partial charge in [0.15, 0.2) is 0 Å². The van der Waals surface area contributed by atoms with Crippen LogP contribution in [0, 0.1) is 17.1 Å². The summed E-state index contributed by atoms with van der Waals surface area (Å²) in [5.41, 5.74) is 0.579. The average molecular weight is 194 g/mol. The van der Waals surface area contributed by atoms with E-state index in [-0.39, 0.29) is 12.1 Å². The Hall–Kier alpha value is -1.60. The molecule has 0 saturated heterocycles. The van der Waals surface area contributed by atoms with Crippen LogP contribution in [0.3, 0.4) is 0 Å². The van der Waals surface area contributed by atoms with Crippen molar-refractivity contribution in [3.63, 3.8) is 0 Å². The molecule has 0 heterocycles. The number of benzene rings is 1. The summed E-state index contributed by atoms with van der Waals surface area (Å²) in [7, 11) is 0. The summed E-state index contributed by atoms with van der Waals surface area (Å²) in [6.45, 7) is 1.89. The molecular weight excluding hydrogens is 183 g/mol. The van der Waals surface area contributed by atoms with E-state index in [0.717, 1.165) is 6.07 Å². The van der Waals surface area contributed by atoms with Crippen molar-refractivity contribution in [2.75, 3.05) is 11.9 Å². The molecule has 1 aromatic carbocycles. The summed E-state index contributed by atoms with van der Waals surface area (Å²) in [4.78, 5) is 0. The first-order valence-electron chi connectivity index (χ1n) is 4.25. The molecule has 0 fully saturated rings. The van der Waals surface area contributed by atoms with Crippen LogP contribution in [0.5, 0.6) is 0 Å². The van der Waals surface area contributed by atoms with Gasteiger partial charge in [0.05, 0.1) is 23.4 Å². The zero-order valence-electron chi connectivity index (χ0n) is 7.79. The predicted octanol–water partition coefficient (Wildman–Crippen LogP) is 1.49. The van der Waals surface area contributed by atoms with Gasteiger partial charge in [-0.3, -0.25) is 0 Å². The van der Waals surface area contributed by atoms with Crippen molar-refractivity contribution in [2.24, 2.45) is 0 Å². The zero-order valence-corrected chi connectivity index (χ0v) is 7.79. The number of halogens is 1. The number of rotatable bonds is 3. The molecule has 14 heavy (non-hydrogen) atoms. The van der Waals surface area contributed by atoms with E-state index < -0.39 is 11.9 Å². The van der Waals surface area contributed by atoms with Gasteiger partial charge in [-0.25, -0.2) is 4.39 Å². The van der Waals surface area contributed by atoms with Gasteiger partial charge in [0.2, 0.25) is 0 Å². The first kappa shape index (κ1) is 10.5. The minimum atomic E-state index is -0.537. The number of nitrogens with zero attached hydrogens (tertiary/aromatic N) is 1. The fraction of sp³-hybridized carbons (Fsp3) is 0.300. The summed E-state index contributed by atoms with van der Waals surface area (Å²) >= 11 is 0. The van der Waals surface area contributed by atoms with Gasteiger partial charge in [-0.15, -0.1) is 0 Å². The van der Waals surface area contributed by atoms with Gasteiger partial charge in [0.25, 0.3) is 0 Å². The van der Waals surface area contributed by atoms with E-state index >= 15 is 0 Å². The van der Waals surface area contributed by atoms with Gasteiger partial charge in [-0.05, 0) is 25.1 Å². The molecule has 0 aliphatic carbocycles. The second-order valence-electron chi connectivity index (χ2n) is 3.04. The Labute approximate surface area is 81.8 Å². The van der Waals surface area contributed by atoms with Gasteiger partial charge in [0, 0.05) is 6.54 Å². The van der Waals surface area contributed by atoms with Crippen LogP contribution in [-0.2, 0) is 0 Å². The lowest BCUT2D eigenvalue weighted by Gasteiger charge is -2.08. The van der Waals surface area contributed by atoms with Gasteiger partial charge >= 0.3 is 0 Å². The molecule has 4 heteroatoms.